The van der Waals surface area contributed by atoms with Crippen LogP contribution < -0.4 is 5.73 Å². The van der Waals surface area contributed by atoms with E-state index >= 15 is 0 Å². The third-order valence-electron chi connectivity index (χ3n) is 4.24. The Bertz CT molecular complexity index is 260. The van der Waals surface area contributed by atoms with Crippen LogP contribution >= 0.6 is 12.4 Å². The Hall–Kier alpha value is -0.280. The van der Waals surface area contributed by atoms with Crippen LogP contribution in [-0.2, 0) is 4.79 Å². The minimum atomic E-state index is 0. The Morgan fingerprint density at radius 1 is 1.35 bits per heavy atom. The van der Waals surface area contributed by atoms with Crippen molar-refractivity contribution in [2.24, 2.45) is 17.6 Å². The van der Waals surface area contributed by atoms with Gasteiger partial charge in [0.2, 0.25) is 5.91 Å². The lowest BCUT2D eigenvalue weighted by molar-refractivity contribution is -0.132. The van der Waals surface area contributed by atoms with Crippen LogP contribution in [0.15, 0.2) is 0 Å². The molecule has 0 radical (unpaired) electrons. The quantitative estimate of drug-likeness (QED) is 0.846. The smallest absolute Gasteiger partial charge is 0.223 e. The summed E-state index contributed by atoms with van der Waals surface area (Å²) in [6, 6.07) is 0.325. The molecule has 4 heteroatoms. The molecule has 3 unspecified atom stereocenters. The van der Waals surface area contributed by atoms with E-state index < -0.39 is 0 Å². The molecule has 1 saturated carbocycles. The van der Waals surface area contributed by atoms with Crippen LogP contribution in [0.3, 0.4) is 0 Å². The van der Waals surface area contributed by atoms with Gasteiger partial charge in [0.05, 0.1) is 0 Å². The van der Waals surface area contributed by atoms with Gasteiger partial charge < -0.3 is 10.6 Å². The van der Waals surface area contributed by atoms with Crippen molar-refractivity contribution in [2.45, 2.75) is 51.5 Å². The number of nitrogens with two attached hydrogens (primary N) is 1. The largest absolute Gasteiger partial charge is 0.338 e. The maximum atomic E-state index is 12.1. The van der Waals surface area contributed by atoms with Crippen LogP contribution in [0.1, 0.15) is 45.4 Å². The summed E-state index contributed by atoms with van der Waals surface area (Å²) in [5.74, 6) is 1.82. The topological polar surface area (TPSA) is 46.3 Å². The zero-order valence-corrected chi connectivity index (χ0v) is 11.5. The van der Waals surface area contributed by atoms with Crippen molar-refractivity contribution in [2.75, 3.05) is 13.1 Å². The van der Waals surface area contributed by atoms with Gasteiger partial charge in [-0.1, -0.05) is 13.3 Å². The molecule has 1 aliphatic carbocycles. The van der Waals surface area contributed by atoms with Gasteiger partial charge in [-0.25, -0.2) is 0 Å². The molecule has 1 heterocycles. The summed E-state index contributed by atoms with van der Waals surface area (Å²) in [5, 5.41) is 0. The van der Waals surface area contributed by atoms with Crippen LogP contribution in [-0.4, -0.2) is 29.9 Å². The molecule has 3 atom stereocenters. The number of likely N-dealkylation sites (tertiary alicyclic amines) is 1. The molecule has 17 heavy (non-hydrogen) atoms. The monoisotopic (exact) mass is 260 g/mol. The number of amides is 1. The summed E-state index contributed by atoms with van der Waals surface area (Å²) >= 11 is 0. The maximum Gasteiger partial charge on any atom is 0.223 e. The fourth-order valence-corrected chi connectivity index (χ4v) is 3.28. The molecule has 2 N–H and O–H groups in total. The van der Waals surface area contributed by atoms with Crippen molar-refractivity contribution in [3.05, 3.63) is 0 Å². The number of hydrogen-bond acceptors (Lipinski definition) is 2. The molecular formula is C13H25ClN2O. The van der Waals surface area contributed by atoms with Gasteiger partial charge in [0, 0.05) is 25.6 Å². The van der Waals surface area contributed by atoms with Crippen molar-refractivity contribution < 1.29 is 4.79 Å². The lowest BCUT2D eigenvalue weighted by atomic mass is 10.0. The van der Waals surface area contributed by atoms with Crippen LogP contribution in [0.5, 0.6) is 0 Å². The number of hydrogen-bond donors (Lipinski definition) is 1. The van der Waals surface area contributed by atoms with E-state index in [-0.39, 0.29) is 12.4 Å². The van der Waals surface area contributed by atoms with Crippen molar-refractivity contribution in [3.8, 4) is 0 Å². The summed E-state index contributed by atoms with van der Waals surface area (Å²) in [6.45, 7) is 3.86. The highest BCUT2D eigenvalue weighted by Crippen LogP contribution is 2.33. The molecule has 1 saturated heterocycles. The predicted octanol–water partition coefficient (Wildman–Crippen LogP) is 2.18. The second-order valence-electron chi connectivity index (χ2n) is 5.61. The molecular weight excluding hydrogens is 236 g/mol. The molecule has 0 spiro atoms. The Labute approximate surface area is 111 Å². The standard InChI is InChI=1S/C13H24N2O.ClH/c1-10-4-5-11(7-10)8-13(16)15-6-2-3-12(15)9-14;/h10-12H,2-9,14H2,1H3;1H. The van der Waals surface area contributed by atoms with Gasteiger partial charge in [-0.3, -0.25) is 4.79 Å². The molecule has 3 nitrogen and oxygen atoms in total. The third kappa shape index (κ3) is 3.59. The number of halogens is 1. The number of carbonyl (C=O) groups is 1. The number of rotatable bonds is 3. The van der Waals surface area contributed by atoms with Gasteiger partial charge in [-0.2, -0.15) is 0 Å². The van der Waals surface area contributed by atoms with Crippen LogP contribution in [0, 0.1) is 11.8 Å². The minimum Gasteiger partial charge on any atom is -0.338 e. The summed E-state index contributed by atoms with van der Waals surface area (Å²) in [5.41, 5.74) is 5.70. The second kappa shape index (κ2) is 6.60. The van der Waals surface area contributed by atoms with E-state index in [1.54, 1.807) is 0 Å². The second-order valence-corrected chi connectivity index (χ2v) is 5.61. The Kier molecular flexibility index (Phi) is 5.74. The molecule has 2 rings (SSSR count). The van der Waals surface area contributed by atoms with Gasteiger partial charge in [0.15, 0.2) is 0 Å². The van der Waals surface area contributed by atoms with Crippen LogP contribution in [0.4, 0.5) is 0 Å². The Morgan fingerprint density at radius 2 is 2.12 bits per heavy atom. The molecule has 0 aromatic carbocycles. The molecule has 1 amide bonds. The maximum absolute atomic E-state index is 12.1. The summed E-state index contributed by atoms with van der Waals surface area (Å²) in [6.07, 6.45) is 6.79. The molecule has 0 bridgehead atoms. The first-order valence-corrected chi connectivity index (χ1v) is 6.70. The summed E-state index contributed by atoms with van der Waals surface area (Å²) < 4.78 is 0. The number of carbonyl (C=O) groups excluding carboxylic acids is 1. The highest BCUT2D eigenvalue weighted by atomic mass is 35.5. The average Bonchev–Trinajstić information content (AvgIpc) is 2.86. The van der Waals surface area contributed by atoms with Crippen molar-refractivity contribution in [1.82, 2.24) is 4.90 Å². The first-order chi connectivity index (χ1) is 7.70. The fourth-order valence-electron chi connectivity index (χ4n) is 3.28. The molecule has 2 aliphatic rings. The Balaban J connectivity index is 0.00000144. The lowest BCUT2D eigenvalue weighted by Crippen LogP contribution is -2.40. The van der Waals surface area contributed by atoms with E-state index in [4.69, 9.17) is 5.73 Å². The molecule has 100 valence electrons. The fraction of sp³-hybridized carbons (Fsp3) is 0.923. The molecule has 0 aromatic rings. The Morgan fingerprint density at radius 3 is 2.71 bits per heavy atom. The molecule has 0 aromatic heterocycles. The van der Waals surface area contributed by atoms with Gasteiger partial charge in [-0.05, 0) is 37.5 Å². The zero-order chi connectivity index (χ0) is 11.5. The first kappa shape index (κ1) is 14.8. The summed E-state index contributed by atoms with van der Waals surface area (Å²) in [4.78, 5) is 14.2. The van der Waals surface area contributed by atoms with E-state index in [1.807, 2.05) is 4.90 Å². The number of nitrogens with zero attached hydrogens (tertiary/aromatic N) is 1. The average molecular weight is 261 g/mol. The van der Waals surface area contributed by atoms with E-state index in [1.165, 1.54) is 19.3 Å². The van der Waals surface area contributed by atoms with Crippen LogP contribution in [0.25, 0.3) is 0 Å². The van der Waals surface area contributed by atoms with Crippen molar-refractivity contribution in [3.63, 3.8) is 0 Å². The normalized spacial score (nSPS) is 32.6. The van der Waals surface area contributed by atoms with E-state index in [9.17, 15) is 4.79 Å². The highest BCUT2D eigenvalue weighted by Gasteiger charge is 2.30. The van der Waals surface area contributed by atoms with Gasteiger partial charge in [-0.15, -0.1) is 12.4 Å². The van der Waals surface area contributed by atoms with E-state index in [0.29, 0.717) is 24.4 Å². The van der Waals surface area contributed by atoms with Gasteiger partial charge in [0.25, 0.3) is 0 Å². The van der Waals surface area contributed by atoms with Gasteiger partial charge >= 0.3 is 0 Å². The molecule has 1 aliphatic heterocycles. The van der Waals surface area contributed by atoms with Crippen molar-refractivity contribution in [1.29, 1.82) is 0 Å². The SMILES string of the molecule is CC1CCC(CC(=O)N2CCCC2CN)C1.Cl. The third-order valence-corrected chi connectivity index (χ3v) is 4.24. The molecule has 2 fully saturated rings. The first-order valence-electron chi connectivity index (χ1n) is 6.70. The summed E-state index contributed by atoms with van der Waals surface area (Å²) in [7, 11) is 0. The van der Waals surface area contributed by atoms with Crippen molar-refractivity contribution >= 4 is 18.3 Å². The van der Waals surface area contributed by atoms with E-state index in [2.05, 4.69) is 6.92 Å². The highest BCUT2D eigenvalue weighted by molar-refractivity contribution is 5.85. The zero-order valence-electron chi connectivity index (χ0n) is 10.7. The predicted molar refractivity (Wildman–Crippen MR) is 72.2 cm³/mol. The van der Waals surface area contributed by atoms with Gasteiger partial charge in [0.1, 0.15) is 0 Å². The lowest BCUT2D eigenvalue weighted by Gasteiger charge is -2.24. The van der Waals surface area contributed by atoms with Crippen LogP contribution in [0.2, 0.25) is 0 Å². The minimum absolute atomic E-state index is 0. The van der Waals surface area contributed by atoms with E-state index in [0.717, 1.165) is 31.7 Å².